The maximum Gasteiger partial charge on any atom is 0.472 e. The van der Waals surface area contributed by atoms with Gasteiger partial charge in [0.15, 0.2) is 0 Å². The molecule has 3 unspecified atom stereocenters. The number of esters is 1. The van der Waals surface area contributed by atoms with Crippen molar-refractivity contribution in [3.8, 4) is 0 Å². The van der Waals surface area contributed by atoms with Crippen molar-refractivity contribution < 1.29 is 42.7 Å². The van der Waals surface area contributed by atoms with Crippen LogP contribution in [0.5, 0.6) is 0 Å². The molecule has 0 aromatic heterocycles. The van der Waals surface area contributed by atoms with Gasteiger partial charge in [0.1, 0.15) is 12.1 Å². The fraction of sp³-hybridized carbons (Fsp3) is 0.860. The number of aliphatic carboxylic acids is 1. The fourth-order valence-corrected chi connectivity index (χ4v) is 6.82. The van der Waals surface area contributed by atoms with Crippen LogP contribution < -0.4 is 5.73 Å². The molecule has 0 fully saturated rings. The SMILES string of the molecule is CCCCC/C=C\C/C=C\CCCCCCCCCCCCOCC(COP(=O)(O)OCC(N)C(=O)O)OC(=O)CCCCCCCCCCCCCC. The third-order valence-corrected chi connectivity index (χ3v) is 10.4. The number of allylic oxidation sites excluding steroid dienone is 4. The molecule has 0 aliphatic heterocycles. The van der Waals surface area contributed by atoms with Crippen LogP contribution in [0.1, 0.15) is 200 Å². The number of phosphoric ester groups is 1. The van der Waals surface area contributed by atoms with E-state index in [-0.39, 0.29) is 13.0 Å². The van der Waals surface area contributed by atoms with E-state index in [1.807, 2.05) is 0 Å². The predicted molar refractivity (Wildman–Crippen MR) is 222 cm³/mol. The van der Waals surface area contributed by atoms with Gasteiger partial charge in [-0.15, -0.1) is 0 Å². The first-order valence-corrected chi connectivity index (χ1v) is 23.4. The highest BCUT2D eigenvalue weighted by atomic mass is 31.2. The molecule has 0 amide bonds. The third kappa shape index (κ3) is 38.7. The van der Waals surface area contributed by atoms with Crippen molar-refractivity contribution >= 4 is 19.8 Å². The second kappa shape index (κ2) is 39.7. The minimum atomic E-state index is -4.61. The molecule has 0 rings (SSSR count). The van der Waals surface area contributed by atoms with Gasteiger partial charge in [-0.2, -0.15) is 0 Å². The third-order valence-electron chi connectivity index (χ3n) is 9.48. The van der Waals surface area contributed by atoms with Gasteiger partial charge in [-0.1, -0.05) is 173 Å². The van der Waals surface area contributed by atoms with Crippen LogP contribution in [-0.4, -0.2) is 60.5 Å². The van der Waals surface area contributed by atoms with Crippen LogP contribution in [-0.2, 0) is 32.7 Å². The molecule has 0 heterocycles. The Morgan fingerprint density at radius 2 is 1.02 bits per heavy atom. The highest BCUT2D eigenvalue weighted by Gasteiger charge is 2.27. The summed E-state index contributed by atoms with van der Waals surface area (Å²) in [7, 11) is -4.61. The molecule has 4 N–H and O–H groups in total. The number of unbranched alkanes of at least 4 members (excludes halogenated alkanes) is 24. The van der Waals surface area contributed by atoms with Crippen molar-refractivity contribution in [2.75, 3.05) is 26.4 Å². The zero-order chi connectivity index (χ0) is 39.8. The maximum atomic E-state index is 12.6. The number of rotatable bonds is 42. The summed E-state index contributed by atoms with van der Waals surface area (Å²) in [4.78, 5) is 33.5. The molecule has 0 aliphatic rings. The summed E-state index contributed by atoms with van der Waals surface area (Å²) in [6, 6.07) is -1.47. The number of nitrogens with two attached hydrogens (primary N) is 1. The number of hydrogen-bond donors (Lipinski definition) is 3. The molecule has 54 heavy (non-hydrogen) atoms. The van der Waals surface area contributed by atoms with E-state index in [4.69, 9.17) is 29.4 Å². The Morgan fingerprint density at radius 3 is 1.54 bits per heavy atom. The van der Waals surface area contributed by atoms with Gasteiger partial charge in [0.25, 0.3) is 0 Å². The van der Waals surface area contributed by atoms with Crippen LogP contribution in [0.3, 0.4) is 0 Å². The molecule has 0 radical (unpaired) electrons. The summed E-state index contributed by atoms with van der Waals surface area (Å²) in [5, 5.41) is 8.89. The van der Waals surface area contributed by atoms with Gasteiger partial charge in [-0.25, -0.2) is 4.57 Å². The number of ether oxygens (including phenoxy) is 2. The Hall–Kier alpha value is -1.55. The Kier molecular flexibility index (Phi) is 38.5. The number of hydrogen-bond acceptors (Lipinski definition) is 8. The van der Waals surface area contributed by atoms with Gasteiger partial charge in [0, 0.05) is 13.0 Å². The molecule has 0 aromatic rings. The largest absolute Gasteiger partial charge is 0.480 e. The van der Waals surface area contributed by atoms with Crippen molar-refractivity contribution in [2.24, 2.45) is 5.73 Å². The van der Waals surface area contributed by atoms with Crippen LogP contribution in [0.4, 0.5) is 0 Å². The summed E-state index contributed by atoms with van der Waals surface area (Å²) < 4.78 is 33.3. The minimum absolute atomic E-state index is 0.0186. The molecule has 318 valence electrons. The molecule has 10 nitrogen and oxygen atoms in total. The van der Waals surface area contributed by atoms with Crippen molar-refractivity contribution in [1.29, 1.82) is 0 Å². The lowest BCUT2D eigenvalue weighted by Crippen LogP contribution is -2.34. The Balaban J connectivity index is 4.17. The summed E-state index contributed by atoms with van der Waals surface area (Å²) >= 11 is 0. The molecule has 11 heteroatoms. The van der Waals surface area contributed by atoms with Gasteiger partial charge < -0.3 is 25.2 Å². The van der Waals surface area contributed by atoms with E-state index >= 15 is 0 Å². The first-order chi connectivity index (χ1) is 26.2. The molecule has 0 saturated carbocycles. The first kappa shape index (κ1) is 52.5. The van der Waals surface area contributed by atoms with Crippen LogP contribution in [0.25, 0.3) is 0 Å². The predicted octanol–water partition coefficient (Wildman–Crippen LogP) is 11.9. The fourth-order valence-electron chi connectivity index (χ4n) is 6.05. The number of carbonyl (C=O) groups is 2. The van der Waals surface area contributed by atoms with E-state index < -0.39 is 45.1 Å². The van der Waals surface area contributed by atoms with Crippen LogP contribution in [0, 0.1) is 0 Å². The average Bonchev–Trinajstić information content (AvgIpc) is 3.15. The average molecular weight is 788 g/mol. The lowest BCUT2D eigenvalue weighted by atomic mass is 10.0. The van der Waals surface area contributed by atoms with Gasteiger partial charge in [0.05, 0.1) is 19.8 Å². The molecule has 0 spiro atoms. The zero-order valence-corrected chi connectivity index (χ0v) is 35.5. The lowest BCUT2D eigenvalue weighted by Gasteiger charge is -2.20. The molecule has 0 aliphatic carbocycles. The highest BCUT2D eigenvalue weighted by molar-refractivity contribution is 7.47. The van der Waals surface area contributed by atoms with Gasteiger partial charge >= 0.3 is 19.8 Å². The van der Waals surface area contributed by atoms with E-state index in [0.717, 1.165) is 38.5 Å². The molecular formula is C43H82NO9P. The van der Waals surface area contributed by atoms with Gasteiger partial charge in [-0.05, 0) is 44.9 Å². The summed E-state index contributed by atoms with van der Waals surface area (Å²) in [5.41, 5.74) is 5.35. The van der Waals surface area contributed by atoms with E-state index in [2.05, 4.69) is 38.2 Å². The summed E-state index contributed by atoms with van der Waals surface area (Å²) in [5.74, 6) is -1.77. The number of carboxylic acids is 1. The van der Waals surface area contributed by atoms with E-state index in [0.29, 0.717) is 13.0 Å². The normalized spacial score (nSPS) is 14.1. The second-order valence-corrected chi connectivity index (χ2v) is 16.3. The molecular weight excluding hydrogens is 705 g/mol. The molecule has 3 atom stereocenters. The summed E-state index contributed by atoms with van der Waals surface area (Å²) in [6.07, 6.45) is 42.3. The van der Waals surface area contributed by atoms with Crippen molar-refractivity contribution in [1.82, 2.24) is 0 Å². The number of phosphoric acid groups is 1. The lowest BCUT2D eigenvalue weighted by molar-refractivity contribution is -0.154. The number of carboxylic acid groups (broad SMARTS) is 1. The van der Waals surface area contributed by atoms with E-state index in [9.17, 15) is 19.0 Å². The van der Waals surface area contributed by atoms with Crippen LogP contribution in [0.15, 0.2) is 24.3 Å². The van der Waals surface area contributed by atoms with Crippen molar-refractivity contribution in [2.45, 2.75) is 212 Å². The van der Waals surface area contributed by atoms with E-state index in [1.165, 1.54) is 135 Å². The minimum Gasteiger partial charge on any atom is -0.480 e. The maximum absolute atomic E-state index is 12.6. The number of carbonyl (C=O) groups excluding carboxylic acids is 1. The second-order valence-electron chi connectivity index (χ2n) is 14.8. The quantitative estimate of drug-likeness (QED) is 0.0236. The van der Waals surface area contributed by atoms with Crippen LogP contribution >= 0.6 is 7.82 Å². The first-order valence-electron chi connectivity index (χ1n) is 21.9. The molecule has 0 aromatic carbocycles. The Morgan fingerprint density at radius 1 is 0.593 bits per heavy atom. The Bertz CT molecular complexity index is 961. The topological polar surface area (TPSA) is 155 Å². The van der Waals surface area contributed by atoms with E-state index in [1.54, 1.807) is 0 Å². The highest BCUT2D eigenvalue weighted by Crippen LogP contribution is 2.43. The van der Waals surface area contributed by atoms with Crippen molar-refractivity contribution in [3.63, 3.8) is 0 Å². The summed E-state index contributed by atoms with van der Waals surface area (Å²) in [6.45, 7) is 3.86. The molecule has 0 saturated heterocycles. The van der Waals surface area contributed by atoms with Gasteiger partial charge in [-0.3, -0.25) is 18.6 Å². The monoisotopic (exact) mass is 788 g/mol. The zero-order valence-electron chi connectivity index (χ0n) is 34.6. The smallest absolute Gasteiger partial charge is 0.472 e. The standard InChI is InChI=1S/C43H82NO9P/c1-3-5-7-9-11-13-15-17-18-19-20-21-22-23-24-26-28-30-32-34-36-50-37-40(38-51-54(48,49)52-39-41(44)43(46)47)53-42(45)35-33-31-29-27-25-16-14-12-10-8-6-4-2/h11,13,17-18,40-41H,3-10,12,14-16,19-39,44H2,1-2H3,(H,46,47)(H,48,49)/b13-11-,18-17-. The van der Waals surface area contributed by atoms with Gasteiger partial charge in [0.2, 0.25) is 0 Å². The van der Waals surface area contributed by atoms with Crippen LogP contribution in [0.2, 0.25) is 0 Å². The molecule has 0 bridgehead atoms. The Labute approximate surface area is 330 Å². The van der Waals surface area contributed by atoms with Crippen molar-refractivity contribution in [3.05, 3.63) is 24.3 Å².